The van der Waals surface area contributed by atoms with Crippen LogP contribution in [0.2, 0.25) is 0 Å². The fraction of sp³-hybridized carbons (Fsp3) is 0.400. The van der Waals surface area contributed by atoms with Crippen LogP contribution in [0.3, 0.4) is 0 Å². The van der Waals surface area contributed by atoms with Crippen molar-refractivity contribution in [1.82, 2.24) is 10.6 Å². The van der Waals surface area contributed by atoms with Crippen LogP contribution in [0.25, 0.3) is 11.1 Å². The second-order valence-corrected chi connectivity index (χ2v) is 8.42. The Morgan fingerprint density at radius 2 is 1.54 bits per heavy atom. The molecule has 0 saturated carbocycles. The van der Waals surface area contributed by atoms with Gasteiger partial charge < -0.3 is 20.5 Å². The van der Waals surface area contributed by atoms with E-state index in [-0.39, 0.29) is 12.5 Å². The van der Waals surface area contributed by atoms with Crippen LogP contribution in [0.5, 0.6) is 0 Å². The van der Waals surface area contributed by atoms with Crippen LogP contribution in [0, 0.1) is 0 Å². The first-order chi connectivity index (χ1) is 16.6. The number of fused-ring (bicyclic) bond motifs is 3. The number of hydrogen-bond donors (Lipinski definition) is 3. The Hall–Kier alpha value is -3.56. The lowest BCUT2D eigenvalue weighted by molar-refractivity contribution is -0.170. The molecule has 3 rings (SSSR count). The van der Waals surface area contributed by atoms with Gasteiger partial charge in [0.05, 0.1) is 6.42 Å². The topological polar surface area (TPSA) is 105 Å². The largest absolute Gasteiger partial charge is 0.481 e. The zero-order valence-corrected chi connectivity index (χ0v) is 19.1. The minimum Gasteiger partial charge on any atom is -0.481 e. The van der Waals surface area contributed by atoms with Crippen LogP contribution >= 0.6 is 0 Å². The van der Waals surface area contributed by atoms with Crippen LogP contribution in [-0.4, -0.2) is 47.9 Å². The molecule has 2 aromatic carbocycles. The molecule has 0 bridgehead atoms. The summed E-state index contributed by atoms with van der Waals surface area (Å²) in [4.78, 5) is 35.4. The number of carbonyl (C=O) groups is 3. The Bertz CT molecular complexity index is 1030. The molecule has 35 heavy (non-hydrogen) atoms. The summed E-state index contributed by atoms with van der Waals surface area (Å²) in [6.45, 7) is 1.85. The molecule has 2 amide bonds. The summed E-state index contributed by atoms with van der Waals surface area (Å²) in [6.07, 6.45) is -6.53. The van der Waals surface area contributed by atoms with E-state index in [0.29, 0.717) is 12.8 Å². The lowest BCUT2D eigenvalue weighted by Gasteiger charge is -2.23. The first-order valence-corrected chi connectivity index (χ1v) is 11.3. The van der Waals surface area contributed by atoms with Crippen molar-refractivity contribution in [2.24, 2.45) is 0 Å². The highest BCUT2D eigenvalue weighted by atomic mass is 19.4. The van der Waals surface area contributed by atoms with Gasteiger partial charge in [0.1, 0.15) is 12.6 Å². The predicted octanol–water partition coefficient (Wildman–Crippen LogP) is 4.61. The molecule has 2 atom stereocenters. The maximum Gasteiger partial charge on any atom is 0.409 e. The second-order valence-electron chi connectivity index (χ2n) is 8.42. The molecule has 0 heterocycles. The Labute approximate surface area is 200 Å². The van der Waals surface area contributed by atoms with Crippen molar-refractivity contribution in [3.05, 3.63) is 59.7 Å². The van der Waals surface area contributed by atoms with Gasteiger partial charge in [-0.1, -0.05) is 61.9 Å². The number of rotatable bonds is 10. The van der Waals surface area contributed by atoms with Crippen molar-refractivity contribution in [3.8, 4) is 11.1 Å². The van der Waals surface area contributed by atoms with Gasteiger partial charge in [-0.3, -0.25) is 9.59 Å². The van der Waals surface area contributed by atoms with Gasteiger partial charge in [0.2, 0.25) is 5.91 Å². The highest BCUT2D eigenvalue weighted by molar-refractivity contribution is 5.80. The lowest BCUT2D eigenvalue weighted by Crippen LogP contribution is -2.48. The fourth-order valence-corrected chi connectivity index (χ4v) is 4.28. The van der Waals surface area contributed by atoms with Gasteiger partial charge in [-0.15, -0.1) is 0 Å². The second kappa shape index (κ2) is 11.2. The number of benzene rings is 2. The minimum absolute atomic E-state index is 0.0552. The molecular weight excluding hydrogens is 465 g/mol. The number of hydrogen-bond acceptors (Lipinski definition) is 4. The average molecular weight is 492 g/mol. The van der Waals surface area contributed by atoms with Gasteiger partial charge in [0.15, 0.2) is 0 Å². The smallest absolute Gasteiger partial charge is 0.409 e. The third kappa shape index (κ3) is 6.74. The maximum absolute atomic E-state index is 13.0. The molecular formula is C25H27F3N2O5. The molecule has 0 aromatic heterocycles. The van der Waals surface area contributed by atoms with Gasteiger partial charge in [0.25, 0.3) is 0 Å². The van der Waals surface area contributed by atoms with Gasteiger partial charge in [-0.05, 0) is 28.7 Å². The first kappa shape index (κ1) is 26.1. The summed E-state index contributed by atoms with van der Waals surface area (Å²) < 4.78 is 44.5. The summed E-state index contributed by atoms with van der Waals surface area (Å²) in [6, 6.07) is 12.4. The zero-order chi connectivity index (χ0) is 25.6. The first-order valence-electron chi connectivity index (χ1n) is 11.3. The van der Waals surface area contributed by atoms with Crippen LogP contribution in [0.4, 0.5) is 18.0 Å². The molecule has 1 aliphatic rings. The molecule has 188 valence electrons. The molecule has 0 saturated heterocycles. The Kier molecular flexibility index (Phi) is 8.37. The molecule has 0 radical (unpaired) electrons. The van der Waals surface area contributed by atoms with E-state index in [0.717, 1.165) is 22.3 Å². The monoisotopic (exact) mass is 492 g/mol. The lowest BCUT2D eigenvalue weighted by atomic mass is 9.98. The molecule has 0 aliphatic heterocycles. The number of carboxylic acids is 1. The summed E-state index contributed by atoms with van der Waals surface area (Å²) in [5.74, 6) is -2.86. The molecule has 0 spiro atoms. The summed E-state index contributed by atoms with van der Waals surface area (Å²) in [5, 5.41) is 13.0. The third-order valence-corrected chi connectivity index (χ3v) is 5.84. The molecule has 1 aliphatic carbocycles. The average Bonchev–Trinajstić information content (AvgIpc) is 3.10. The van der Waals surface area contributed by atoms with Crippen molar-refractivity contribution in [3.63, 3.8) is 0 Å². The van der Waals surface area contributed by atoms with Gasteiger partial charge in [-0.25, -0.2) is 4.79 Å². The van der Waals surface area contributed by atoms with E-state index in [1.807, 2.05) is 48.5 Å². The summed E-state index contributed by atoms with van der Waals surface area (Å²) in [5.41, 5.74) is 4.20. The Balaban J connectivity index is 1.59. The van der Waals surface area contributed by atoms with Crippen LogP contribution in [0.15, 0.2) is 48.5 Å². The number of carbonyl (C=O) groups excluding carboxylic acids is 2. The highest BCUT2D eigenvalue weighted by Crippen LogP contribution is 2.44. The van der Waals surface area contributed by atoms with E-state index in [2.05, 4.69) is 5.32 Å². The molecule has 7 nitrogen and oxygen atoms in total. The number of amides is 2. The number of halogens is 3. The summed E-state index contributed by atoms with van der Waals surface area (Å²) in [7, 11) is 0. The fourth-order valence-electron chi connectivity index (χ4n) is 4.28. The normalized spacial score (nSPS) is 14.4. The standard InChI is InChI=1S/C25H27F3N2O5/c1-2-7-15(12-22(31)30-21(13-23(32)33)25(26,27)28)29-24(34)35-14-20-18-10-5-3-8-16(18)17-9-4-6-11-19(17)20/h3-6,8-11,15,20-21H,2,7,12-14H2,1H3,(H,29,34)(H,30,31)(H,32,33)/t15-,21?/m1/s1. The molecule has 2 aromatic rings. The van der Waals surface area contributed by atoms with E-state index in [4.69, 9.17) is 9.84 Å². The van der Waals surface area contributed by atoms with Gasteiger partial charge >= 0.3 is 18.2 Å². The molecule has 3 N–H and O–H groups in total. The van der Waals surface area contributed by atoms with Crippen molar-refractivity contribution in [1.29, 1.82) is 0 Å². The van der Waals surface area contributed by atoms with E-state index < -0.39 is 49.1 Å². The number of ether oxygens (including phenoxy) is 1. The van der Waals surface area contributed by atoms with E-state index in [9.17, 15) is 27.6 Å². The van der Waals surface area contributed by atoms with Crippen LogP contribution in [0.1, 0.15) is 49.7 Å². The number of aliphatic carboxylic acids is 1. The van der Waals surface area contributed by atoms with Crippen molar-refractivity contribution in [2.45, 2.75) is 56.8 Å². The van der Waals surface area contributed by atoms with Crippen LogP contribution < -0.4 is 10.6 Å². The molecule has 1 unspecified atom stereocenters. The Morgan fingerprint density at radius 3 is 2.06 bits per heavy atom. The predicted molar refractivity (Wildman–Crippen MR) is 122 cm³/mol. The number of nitrogens with one attached hydrogen (secondary N) is 2. The number of alkyl halides is 3. The maximum atomic E-state index is 13.0. The van der Waals surface area contributed by atoms with E-state index >= 15 is 0 Å². The van der Waals surface area contributed by atoms with Crippen molar-refractivity contribution in [2.75, 3.05) is 6.61 Å². The van der Waals surface area contributed by atoms with Crippen LogP contribution in [-0.2, 0) is 14.3 Å². The van der Waals surface area contributed by atoms with Crippen molar-refractivity contribution >= 4 is 18.0 Å². The van der Waals surface area contributed by atoms with Gasteiger partial charge in [-0.2, -0.15) is 13.2 Å². The van der Waals surface area contributed by atoms with E-state index in [1.54, 1.807) is 12.2 Å². The minimum atomic E-state index is -4.91. The van der Waals surface area contributed by atoms with Crippen molar-refractivity contribution < 1.29 is 37.4 Å². The molecule has 10 heteroatoms. The Morgan fingerprint density at radius 1 is 0.971 bits per heavy atom. The number of carboxylic acid groups (broad SMARTS) is 1. The number of alkyl carbamates (subject to hydrolysis) is 1. The highest BCUT2D eigenvalue weighted by Gasteiger charge is 2.42. The third-order valence-electron chi connectivity index (χ3n) is 5.84. The summed E-state index contributed by atoms with van der Waals surface area (Å²) >= 11 is 0. The zero-order valence-electron chi connectivity index (χ0n) is 19.1. The van der Waals surface area contributed by atoms with E-state index in [1.165, 1.54) is 0 Å². The SMILES string of the molecule is CCC[C@H](CC(=O)NC(CC(=O)O)C(F)(F)F)NC(=O)OCC1c2ccccc2-c2ccccc21. The van der Waals surface area contributed by atoms with Gasteiger partial charge in [0, 0.05) is 18.4 Å². The quantitative estimate of drug-likeness (QED) is 0.450. The molecule has 0 fully saturated rings.